The summed E-state index contributed by atoms with van der Waals surface area (Å²) in [4.78, 5) is 70.2. The van der Waals surface area contributed by atoms with Gasteiger partial charge in [-0.2, -0.15) is 0 Å². The van der Waals surface area contributed by atoms with Crippen LogP contribution < -0.4 is 10.6 Å². The van der Waals surface area contributed by atoms with Crippen LogP contribution in [0.15, 0.2) is 0 Å². The molecule has 2 aliphatic rings. The number of rotatable bonds is 24. The molecule has 0 radical (unpaired) electrons. The molecule has 0 spiro atoms. The summed E-state index contributed by atoms with van der Waals surface area (Å²) < 4.78 is 25.9. The second kappa shape index (κ2) is 24.8. The van der Waals surface area contributed by atoms with E-state index in [9.17, 15) is 54.3 Å². The van der Waals surface area contributed by atoms with Crippen LogP contribution in [0.4, 0.5) is 0 Å². The van der Waals surface area contributed by atoms with Crippen molar-refractivity contribution >= 4 is 35.7 Å². The van der Waals surface area contributed by atoms with E-state index in [1.807, 2.05) is 0 Å². The molecule has 2 rings (SSSR count). The van der Waals surface area contributed by atoms with Gasteiger partial charge in [0.05, 0.1) is 12.2 Å². The number of carbonyl (C=O) groups is 6. The highest BCUT2D eigenvalue weighted by Gasteiger charge is 2.47. The maximum absolute atomic E-state index is 12.5. The third-order valence-electron chi connectivity index (χ3n) is 9.14. The molecule has 0 aromatic rings. The van der Waals surface area contributed by atoms with Crippen LogP contribution in [0.2, 0.25) is 0 Å². The SMILES string of the molecule is CC(=O)OC[C@H]1OC(O)[C@H](NC(=O)CCCCCCC(=O)NC[C@@H](O)C2C[C@H](O)[C@@H](COC(=O)CCCCCCCC(=O)O)OC2O)[C@@H](O)[C@@H]1OC(C)=O. The molecule has 0 aromatic heterocycles. The molecule has 0 aromatic carbocycles. The number of nitrogens with one attached hydrogen (secondary N) is 2. The minimum absolute atomic E-state index is 0.0309. The van der Waals surface area contributed by atoms with Crippen molar-refractivity contribution in [1.82, 2.24) is 10.6 Å². The fourth-order valence-corrected chi connectivity index (χ4v) is 6.14. The van der Waals surface area contributed by atoms with Crippen LogP contribution in [0.1, 0.15) is 104 Å². The zero-order valence-corrected chi connectivity index (χ0v) is 31.0. The average molecular weight is 779 g/mol. The normalized spacial score (nSPS) is 27.3. The van der Waals surface area contributed by atoms with Gasteiger partial charge in [-0.15, -0.1) is 0 Å². The van der Waals surface area contributed by atoms with Crippen LogP contribution in [0.25, 0.3) is 0 Å². The Morgan fingerprint density at radius 1 is 0.704 bits per heavy atom. The standard InChI is InChI=1S/C35H58N2O17/c1-20(38)50-19-26-33(52-21(2)39)32(47)31(35(49)54-26)37-28(43)13-9-7-6-8-12-27(42)36-17-24(41)22-16-23(40)25(53-34(22)48)18-51-30(46)15-11-5-3-4-10-14-29(44)45/h22-26,31-35,40-41,47-49H,3-19H2,1-2H3,(H,36,42)(H,37,43)(H,44,45)/t22?,23-,24+,25+,26+,31+,32+,33+,34?,35?/m0/s1. The molecule has 2 aliphatic heterocycles. The van der Waals surface area contributed by atoms with Gasteiger partial charge in [0.25, 0.3) is 0 Å². The van der Waals surface area contributed by atoms with Gasteiger partial charge >= 0.3 is 23.9 Å². The minimum Gasteiger partial charge on any atom is -0.481 e. The van der Waals surface area contributed by atoms with Crippen LogP contribution in [0, 0.1) is 5.92 Å². The van der Waals surface area contributed by atoms with Gasteiger partial charge in [-0.05, 0) is 32.1 Å². The van der Waals surface area contributed by atoms with Crippen LogP contribution in [-0.2, 0) is 52.5 Å². The topological polar surface area (TPSA) is 294 Å². The van der Waals surface area contributed by atoms with E-state index in [2.05, 4.69) is 10.6 Å². The number of carboxylic acids is 1. The van der Waals surface area contributed by atoms with Crippen LogP contribution in [-0.4, -0.2) is 141 Å². The molecule has 0 aliphatic carbocycles. The van der Waals surface area contributed by atoms with Gasteiger partial charge in [-0.3, -0.25) is 28.8 Å². The van der Waals surface area contributed by atoms with Crippen LogP contribution in [0.3, 0.4) is 0 Å². The van der Waals surface area contributed by atoms with Crippen molar-refractivity contribution < 1.29 is 83.1 Å². The Balaban J connectivity index is 1.60. The predicted molar refractivity (Wildman–Crippen MR) is 184 cm³/mol. The van der Waals surface area contributed by atoms with E-state index in [0.29, 0.717) is 38.5 Å². The van der Waals surface area contributed by atoms with Gasteiger partial charge in [-0.25, -0.2) is 0 Å². The second-order valence-corrected chi connectivity index (χ2v) is 13.7. The quantitative estimate of drug-likeness (QED) is 0.0342. The molecular weight excluding hydrogens is 720 g/mol. The number of carboxylic acid groups (broad SMARTS) is 1. The highest BCUT2D eigenvalue weighted by Crippen LogP contribution is 2.28. The number of aliphatic carboxylic acids is 1. The first-order chi connectivity index (χ1) is 25.6. The van der Waals surface area contributed by atoms with E-state index in [-0.39, 0.29) is 51.2 Å². The molecule has 2 amide bonds. The Bertz CT molecular complexity index is 1200. The third-order valence-corrected chi connectivity index (χ3v) is 9.14. The molecule has 19 nitrogen and oxygen atoms in total. The Kier molecular flexibility index (Phi) is 21.5. The fraction of sp³-hybridized carbons (Fsp3) is 0.829. The monoisotopic (exact) mass is 778 g/mol. The molecule has 2 saturated heterocycles. The number of aliphatic hydroxyl groups is 5. The van der Waals surface area contributed by atoms with Crippen molar-refractivity contribution in [3.05, 3.63) is 0 Å². The number of hydrogen-bond acceptors (Lipinski definition) is 16. The van der Waals surface area contributed by atoms with Gasteiger partial charge in [0, 0.05) is 52.0 Å². The van der Waals surface area contributed by atoms with E-state index in [1.54, 1.807) is 0 Å². The van der Waals surface area contributed by atoms with Crippen molar-refractivity contribution in [2.75, 3.05) is 19.8 Å². The molecule has 2 heterocycles. The summed E-state index contributed by atoms with van der Waals surface area (Å²) in [6.07, 6.45) is -4.60. The first-order valence-electron chi connectivity index (χ1n) is 18.5. The largest absolute Gasteiger partial charge is 0.481 e. The van der Waals surface area contributed by atoms with Crippen molar-refractivity contribution in [2.45, 2.75) is 159 Å². The summed E-state index contributed by atoms with van der Waals surface area (Å²) in [6.45, 7) is 1.39. The van der Waals surface area contributed by atoms with E-state index in [4.69, 9.17) is 28.8 Å². The van der Waals surface area contributed by atoms with Crippen molar-refractivity contribution in [2.24, 2.45) is 5.92 Å². The van der Waals surface area contributed by atoms with E-state index < -0.39 is 97.6 Å². The summed E-state index contributed by atoms with van der Waals surface area (Å²) in [6, 6.07) is -1.32. The number of carbonyl (C=O) groups excluding carboxylic acids is 5. The number of esters is 3. The molecule has 19 heteroatoms. The summed E-state index contributed by atoms with van der Waals surface area (Å²) in [5.41, 5.74) is 0. The smallest absolute Gasteiger partial charge is 0.305 e. The molecule has 0 bridgehead atoms. The Morgan fingerprint density at radius 3 is 1.87 bits per heavy atom. The molecule has 0 saturated carbocycles. The maximum Gasteiger partial charge on any atom is 0.305 e. The highest BCUT2D eigenvalue weighted by molar-refractivity contribution is 5.76. The van der Waals surface area contributed by atoms with Gasteiger partial charge in [-0.1, -0.05) is 32.1 Å². The van der Waals surface area contributed by atoms with Gasteiger partial charge < -0.3 is 65.0 Å². The third kappa shape index (κ3) is 17.8. The molecule has 54 heavy (non-hydrogen) atoms. The molecule has 8 N–H and O–H groups in total. The zero-order valence-electron chi connectivity index (χ0n) is 31.0. The number of hydrogen-bond donors (Lipinski definition) is 8. The summed E-state index contributed by atoms with van der Waals surface area (Å²) in [5, 5.41) is 66.3. The average Bonchev–Trinajstić information content (AvgIpc) is 3.10. The number of aliphatic hydroxyl groups excluding tert-OH is 5. The van der Waals surface area contributed by atoms with E-state index in [1.165, 1.54) is 0 Å². The first kappa shape index (κ1) is 46.7. The fourth-order valence-electron chi connectivity index (χ4n) is 6.14. The lowest BCUT2D eigenvalue weighted by Gasteiger charge is -2.42. The number of unbranched alkanes of at least 4 members (excludes halogenated alkanes) is 7. The Hall–Kier alpha value is -3.46. The Morgan fingerprint density at radius 2 is 1.26 bits per heavy atom. The lowest BCUT2D eigenvalue weighted by Crippen LogP contribution is -2.65. The summed E-state index contributed by atoms with van der Waals surface area (Å²) >= 11 is 0. The van der Waals surface area contributed by atoms with E-state index in [0.717, 1.165) is 33.1 Å². The molecular formula is C35H58N2O17. The molecule has 3 unspecified atom stereocenters. The lowest BCUT2D eigenvalue weighted by atomic mass is 9.89. The summed E-state index contributed by atoms with van der Waals surface area (Å²) in [7, 11) is 0. The number of ether oxygens (including phenoxy) is 5. The predicted octanol–water partition coefficient (Wildman–Crippen LogP) is -0.695. The van der Waals surface area contributed by atoms with Gasteiger partial charge in [0.1, 0.15) is 37.6 Å². The highest BCUT2D eigenvalue weighted by atomic mass is 16.7. The van der Waals surface area contributed by atoms with Crippen LogP contribution in [0.5, 0.6) is 0 Å². The minimum atomic E-state index is -1.67. The second-order valence-electron chi connectivity index (χ2n) is 13.7. The Labute approximate surface area is 314 Å². The van der Waals surface area contributed by atoms with E-state index >= 15 is 0 Å². The summed E-state index contributed by atoms with van der Waals surface area (Å²) in [5.74, 6) is -4.48. The van der Waals surface area contributed by atoms with Crippen molar-refractivity contribution in [3.8, 4) is 0 Å². The number of amides is 2. The molecule has 10 atom stereocenters. The van der Waals surface area contributed by atoms with Crippen LogP contribution >= 0.6 is 0 Å². The maximum atomic E-state index is 12.5. The zero-order chi connectivity index (χ0) is 40.2. The van der Waals surface area contributed by atoms with Gasteiger partial charge in [0.2, 0.25) is 11.8 Å². The lowest BCUT2D eigenvalue weighted by molar-refractivity contribution is -0.260. The van der Waals surface area contributed by atoms with Gasteiger partial charge in [0.15, 0.2) is 18.7 Å². The van der Waals surface area contributed by atoms with Crippen molar-refractivity contribution in [1.29, 1.82) is 0 Å². The van der Waals surface area contributed by atoms with Crippen molar-refractivity contribution in [3.63, 3.8) is 0 Å². The molecule has 310 valence electrons. The molecule has 2 fully saturated rings. The first-order valence-corrected chi connectivity index (χ1v) is 18.5.